The Labute approximate surface area is 94.3 Å². The molecule has 0 heterocycles. The zero-order valence-corrected chi connectivity index (χ0v) is 9.56. The molecular weight excluding hydrogens is 212 g/mol. The summed E-state index contributed by atoms with van der Waals surface area (Å²) in [6, 6.07) is 3.68. The van der Waals surface area contributed by atoms with Crippen LogP contribution in [0.2, 0.25) is 0 Å². The van der Waals surface area contributed by atoms with E-state index in [0.717, 1.165) is 18.7 Å². The number of halogens is 2. The number of hydrogen-bond donors (Lipinski definition) is 2. The molecule has 0 aromatic heterocycles. The monoisotopic (exact) mass is 229 g/mol. The Morgan fingerprint density at radius 2 is 2.00 bits per heavy atom. The Balaban J connectivity index is 2.68. The van der Waals surface area contributed by atoms with Crippen molar-refractivity contribution in [2.24, 2.45) is 0 Å². The van der Waals surface area contributed by atoms with Crippen LogP contribution in [0.4, 0.5) is 8.78 Å². The van der Waals surface area contributed by atoms with E-state index in [1.807, 2.05) is 6.92 Å². The Morgan fingerprint density at radius 1 is 1.31 bits per heavy atom. The average Bonchev–Trinajstić information content (AvgIpc) is 2.20. The van der Waals surface area contributed by atoms with Crippen molar-refractivity contribution in [2.75, 3.05) is 13.1 Å². The second-order valence-electron chi connectivity index (χ2n) is 4.20. The van der Waals surface area contributed by atoms with Crippen LogP contribution in [0.25, 0.3) is 0 Å². The molecule has 0 aliphatic rings. The third kappa shape index (κ3) is 3.87. The second-order valence-corrected chi connectivity index (χ2v) is 4.20. The van der Waals surface area contributed by atoms with E-state index in [1.165, 1.54) is 6.07 Å². The first-order chi connectivity index (χ1) is 7.44. The van der Waals surface area contributed by atoms with Crippen LogP contribution in [-0.2, 0) is 6.42 Å². The van der Waals surface area contributed by atoms with Crippen molar-refractivity contribution in [3.8, 4) is 0 Å². The number of rotatable bonds is 5. The molecule has 0 spiro atoms. The Kier molecular flexibility index (Phi) is 4.38. The minimum Gasteiger partial charge on any atom is -0.389 e. The topological polar surface area (TPSA) is 32.3 Å². The molecule has 0 aliphatic carbocycles. The highest BCUT2D eigenvalue weighted by molar-refractivity contribution is 5.19. The summed E-state index contributed by atoms with van der Waals surface area (Å²) in [4.78, 5) is 0. The first kappa shape index (κ1) is 13.1. The van der Waals surface area contributed by atoms with Gasteiger partial charge in [-0.15, -0.1) is 0 Å². The van der Waals surface area contributed by atoms with E-state index < -0.39 is 17.2 Å². The summed E-state index contributed by atoms with van der Waals surface area (Å²) in [7, 11) is 0. The zero-order chi connectivity index (χ0) is 12.2. The third-order valence-corrected chi connectivity index (χ3v) is 2.32. The van der Waals surface area contributed by atoms with Crippen molar-refractivity contribution in [3.05, 3.63) is 35.4 Å². The molecule has 0 fully saturated rings. The molecule has 0 bridgehead atoms. The van der Waals surface area contributed by atoms with Crippen molar-refractivity contribution < 1.29 is 13.9 Å². The van der Waals surface area contributed by atoms with Crippen molar-refractivity contribution in [3.63, 3.8) is 0 Å². The van der Waals surface area contributed by atoms with Gasteiger partial charge in [0.25, 0.3) is 0 Å². The quantitative estimate of drug-likeness (QED) is 0.807. The van der Waals surface area contributed by atoms with Gasteiger partial charge in [-0.3, -0.25) is 0 Å². The van der Waals surface area contributed by atoms with E-state index in [1.54, 1.807) is 6.92 Å². The Morgan fingerprint density at radius 3 is 2.56 bits per heavy atom. The fraction of sp³-hybridized carbons (Fsp3) is 0.500. The normalized spacial score (nSPS) is 14.8. The van der Waals surface area contributed by atoms with Gasteiger partial charge in [-0.05, 0) is 31.2 Å². The number of likely N-dealkylation sites (N-methyl/N-ethyl adjacent to an activating group) is 1. The fourth-order valence-corrected chi connectivity index (χ4v) is 1.55. The van der Waals surface area contributed by atoms with E-state index in [9.17, 15) is 13.9 Å². The van der Waals surface area contributed by atoms with Gasteiger partial charge in [-0.25, -0.2) is 8.78 Å². The van der Waals surface area contributed by atoms with Gasteiger partial charge in [-0.1, -0.05) is 13.0 Å². The maximum atomic E-state index is 12.9. The summed E-state index contributed by atoms with van der Waals surface area (Å²) in [6.45, 7) is 4.78. The van der Waals surface area contributed by atoms with Gasteiger partial charge < -0.3 is 10.4 Å². The summed E-state index contributed by atoms with van der Waals surface area (Å²) < 4.78 is 25.6. The third-order valence-electron chi connectivity index (χ3n) is 2.32. The SMILES string of the molecule is CCNCC(C)(O)Cc1ccc(F)c(F)c1. The van der Waals surface area contributed by atoms with Gasteiger partial charge in [0.05, 0.1) is 5.60 Å². The summed E-state index contributed by atoms with van der Waals surface area (Å²) in [5.74, 6) is -1.74. The van der Waals surface area contributed by atoms with Crippen LogP contribution in [0.1, 0.15) is 19.4 Å². The molecule has 0 radical (unpaired) electrons. The molecule has 1 atom stereocenters. The van der Waals surface area contributed by atoms with Crippen LogP contribution in [-0.4, -0.2) is 23.8 Å². The van der Waals surface area contributed by atoms with Gasteiger partial charge in [0, 0.05) is 13.0 Å². The van der Waals surface area contributed by atoms with Gasteiger partial charge >= 0.3 is 0 Å². The molecule has 0 amide bonds. The number of hydrogen-bond acceptors (Lipinski definition) is 2. The maximum absolute atomic E-state index is 12.9. The molecule has 0 aliphatic heterocycles. The minimum atomic E-state index is -0.958. The molecule has 2 nitrogen and oxygen atoms in total. The van der Waals surface area contributed by atoms with Gasteiger partial charge in [0.15, 0.2) is 11.6 Å². The fourth-order valence-electron chi connectivity index (χ4n) is 1.55. The molecule has 2 N–H and O–H groups in total. The van der Waals surface area contributed by atoms with E-state index in [0.29, 0.717) is 12.1 Å². The van der Waals surface area contributed by atoms with Crippen LogP contribution >= 0.6 is 0 Å². The predicted molar refractivity (Wildman–Crippen MR) is 59.2 cm³/mol. The highest BCUT2D eigenvalue weighted by Gasteiger charge is 2.20. The standard InChI is InChI=1S/C12H17F2NO/c1-3-15-8-12(2,16)7-9-4-5-10(13)11(14)6-9/h4-6,15-16H,3,7-8H2,1-2H3. The lowest BCUT2D eigenvalue weighted by atomic mass is 9.96. The van der Waals surface area contributed by atoms with Crippen molar-refractivity contribution >= 4 is 0 Å². The van der Waals surface area contributed by atoms with Crippen molar-refractivity contribution in [1.29, 1.82) is 0 Å². The molecule has 1 rings (SSSR count). The molecule has 16 heavy (non-hydrogen) atoms. The summed E-state index contributed by atoms with van der Waals surface area (Å²) in [5.41, 5.74) is -0.373. The lowest BCUT2D eigenvalue weighted by Crippen LogP contribution is -2.39. The average molecular weight is 229 g/mol. The zero-order valence-electron chi connectivity index (χ0n) is 9.56. The molecule has 1 aromatic carbocycles. The van der Waals surface area contributed by atoms with Crippen LogP contribution in [0.3, 0.4) is 0 Å². The van der Waals surface area contributed by atoms with Gasteiger partial charge in [-0.2, -0.15) is 0 Å². The van der Waals surface area contributed by atoms with Crippen LogP contribution in [0, 0.1) is 11.6 Å². The number of benzene rings is 1. The smallest absolute Gasteiger partial charge is 0.159 e. The van der Waals surface area contributed by atoms with Crippen LogP contribution < -0.4 is 5.32 Å². The molecule has 1 unspecified atom stereocenters. The Hall–Kier alpha value is -1.00. The predicted octanol–water partition coefficient (Wildman–Crippen LogP) is 1.87. The van der Waals surface area contributed by atoms with Crippen LogP contribution in [0.5, 0.6) is 0 Å². The number of aliphatic hydroxyl groups is 1. The Bertz CT molecular complexity index is 353. The molecule has 4 heteroatoms. The number of nitrogens with one attached hydrogen (secondary N) is 1. The maximum Gasteiger partial charge on any atom is 0.159 e. The molecule has 0 saturated heterocycles. The summed E-state index contributed by atoms with van der Waals surface area (Å²) >= 11 is 0. The van der Waals surface area contributed by atoms with E-state index in [2.05, 4.69) is 5.32 Å². The lowest BCUT2D eigenvalue weighted by molar-refractivity contribution is 0.0606. The summed E-state index contributed by atoms with van der Waals surface area (Å²) in [6.07, 6.45) is 0.289. The largest absolute Gasteiger partial charge is 0.389 e. The molecule has 90 valence electrons. The van der Waals surface area contributed by atoms with E-state index >= 15 is 0 Å². The van der Waals surface area contributed by atoms with E-state index in [4.69, 9.17) is 0 Å². The molecule has 0 saturated carbocycles. The highest BCUT2D eigenvalue weighted by Crippen LogP contribution is 2.15. The van der Waals surface area contributed by atoms with Gasteiger partial charge in [0.2, 0.25) is 0 Å². The van der Waals surface area contributed by atoms with Gasteiger partial charge in [0.1, 0.15) is 0 Å². The highest BCUT2D eigenvalue weighted by atomic mass is 19.2. The van der Waals surface area contributed by atoms with Crippen molar-refractivity contribution in [1.82, 2.24) is 5.32 Å². The molecule has 1 aromatic rings. The van der Waals surface area contributed by atoms with E-state index in [-0.39, 0.29) is 6.42 Å². The second kappa shape index (κ2) is 5.37. The van der Waals surface area contributed by atoms with Crippen molar-refractivity contribution in [2.45, 2.75) is 25.9 Å². The first-order valence-electron chi connectivity index (χ1n) is 5.31. The summed E-state index contributed by atoms with van der Waals surface area (Å²) in [5, 5.41) is 13.0. The van der Waals surface area contributed by atoms with Crippen LogP contribution in [0.15, 0.2) is 18.2 Å². The molecular formula is C12H17F2NO. The lowest BCUT2D eigenvalue weighted by Gasteiger charge is -2.23. The first-order valence-corrected chi connectivity index (χ1v) is 5.31. The minimum absolute atomic E-state index is 0.289.